The average molecular weight is 293 g/mol. The lowest BCUT2D eigenvalue weighted by Gasteiger charge is -2.26. The monoisotopic (exact) mass is 292 g/mol. The summed E-state index contributed by atoms with van der Waals surface area (Å²) in [6.45, 7) is 0.995. The van der Waals surface area contributed by atoms with Gasteiger partial charge in [-0.25, -0.2) is 0 Å². The minimum Gasteiger partial charge on any atom is -0.377 e. The molecule has 1 atom stereocenters. The third-order valence-electron chi connectivity index (χ3n) is 3.68. The predicted octanol–water partition coefficient (Wildman–Crippen LogP) is 3.85. The zero-order chi connectivity index (χ0) is 10.6. The molecule has 0 spiro atoms. The third kappa shape index (κ3) is 3.37. The summed E-state index contributed by atoms with van der Waals surface area (Å²) < 4.78 is 5.65. The second-order valence-corrected chi connectivity index (χ2v) is 6.58. The van der Waals surface area contributed by atoms with Crippen molar-refractivity contribution >= 4 is 27.7 Å². The molecule has 2 aliphatic rings. The van der Waals surface area contributed by atoms with E-state index in [4.69, 9.17) is 4.74 Å². The van der Waals surface area contributed by atoms with Crippen LogP contribution in [0.4, 0.5) is 0 Å². The summed E-state index contributed by atoms with van der Waals surface area (Å²) in [6.07, 6.45) is 8.85. The van der Waals surface area contributed by atoms with Crippen molar-refractivity contribution in [2.24, 2.45) is 5.41 Å². The molecule has 0 aromatic carbocycles. The van der Waals surface area contributed by atoms with E-state index >= 15 is 0 Å². The van der Waals surface area contributed by atoms with E-state index < -0.39 is 0 Å². The van der Waals surface area contributed by atoms with Crippen molar-refractivity contribution in [1.82, 2.24) is 0 Å². The second kappa shape index (κ2) is 5.92. The number of hydrogen-bond acceptors (Lipinski definition) is 2. The maximum Gasteiger partial charge on any atom is 0.0666 e. The van der Waals surface area contributed by atoms with Crippen LogP contribution in [0.2, 0.25) is 0 Å². The van der Waals surface area contributed by atoms with E-state index in [1.165, 1.54) is 55.4 Å². The van der Waals surface area contributed by atoms with E-state index in [2.05, 4.69) is 27.7 Å². The van der Waals surface area contributed by atoms with Crippen molar-refractivity contribution in [3.63, 3.8) is 0 Å². The standard InChI is InChI=1S/C12H21BrOS/c13-9-12(5-1-2-6-12)10-15-8-11-4-3-7-14-11/h11H,1-10H2. The molecule has 3 heteroatoms. The van der Waals surface area contributed by atoms with Crippen LogP contribution in [0.25, 0.3) is 0 Å². The molecule has 0 aromatic heterocycles. The lowest BCUT2D eigenvalue weighted by molar-refractivity contribution is 0.129. The second-order valence-electron chi connectivity index (χ2n) is 4.99. The van der Waals surface area contributed by atoms with Crippen molar-refractivity contribution in [2.45, 2.75) is 44.6 Å². The molecule has 88 valence electrons. The number of rotatable bonds is 5. The molecule has 1 heterocycles. The van der Waals surface area contributed by atoms with Gasteiger partial charge in [-0.15, -0.1) is 0 Å². The van der Waals surface area contributed by atoms with Gasteiger partial charge in [-0.05, 0) is 36.9 Å². The number of thioether (sulfide) groups is 1. The van der Waals surface area contributed by atoms with Crippen molar-refractivity contribution in [1.29, 1.82) is 0 Å². The van der Waals surface area contributed by atoms with E-state index in [0.717, 1.165) is 6.61 Å². The predicted molar refractivity (Wildman–Crippen MR) is 71.0 cm³/mol. The molecular formula is C12H21BrOS. The first kappa shape index (κ1) is 12.3. The summed E-state index contributed by atoms with van der Waals surface area (Å²) in [7, 11) is 0. The van der Waals surface area contributed by atoms with E-state index in [-0.39, 0.29) is 0 Å². The minimum atomic E-state index is 0.559. The van der Waals surface area contributed by atoms with Crippen LogP contribution in [0.3, 0.4) is 0 Å². The van der Waals surface area contributed by atoms with Crippen LogP contribution in [0.15, 0.2) is 0 Å². The fourth-order valence-electron chi connectivity index (χ4n) is 2.62. The lowest BCUT2D eigenvalue weighted by Crippen LogP contribution is -2.22. The van der Waals surface area contributed by atoms with Gasteiger partial charge in [-0.3, -0.25) is 0 Å². The van der Waals surface area contributed by atoms with Gasteiger partial charge >= 0.3 is 0 Å². The lowest BCUT2D eigenvalue weighted by atomic mass is 9.92. The molecule has 2 rings (SSSR count). The highest BCUT2D eigenvalue weighted by atomic mass is 79.9. The van der Waals surface area contributed by atoms with Gasteiger partial charge < -0.3 is 4.74 Å². The SMILES string of the molecule is BrCC1(CSCC2CCCO2)CCCC1. The van der Waals surface area contributed by atoms with Crippen LogP contribution in [0.5, 0.6) is 0 Å². The first-order chi connectivity index (χ1) is 7.35. The van der Waals surface area contributed by atoms with Gasteiger partial charge in [-0.1, -0.05) is 28.8 Å². The van der Waals surface area contributed by atoms with E-state index in [1.807, 2.05) is 0 Å². The molecule has 0 amide bonds. The zero-order valence-corrected chi connectivity index (χ0v) is 11.7. The molecular weight excluding hydrogens is 272 g/mol. The normalized spacial score (nSPS) is 29.8. The number of ether oxygens (including phenoxy) is 1. The van der Waals surface area contributed by atoms with Crippen LogP contribution in [-0.2, 0) is 4.74 Å². The summed E-state index contributed by atoms with van der Waals surface area (Å²) >= 11 is 5.82. The first-order valence-corrected chi connectivity index (χ1v) is 8.38. The van der Waals surface area contributed by atoms with Gasteiger partial charge in [-0.2, -0.15) is 11.8 Å². The quantitative estimate of drug-likeness (QED) is 0.712. The molecule has 1 unspecified atom stereocenters. The molecule has 2 fully saturated rings. The van der Waals surface area contributed by atoms with Gasteiger partial charge in [0.2, 0.25) is 0 Å². The fourth-order valence-corrected chi connectivity index (χ4v) is 5.11. The highest BCUT2D eigenvalue weighted by Gasteiger charge is 2.32. The molecule has 0 aromatic rings. The maximum atomic E-state index is 5.65. The number of hydrogen-bond donors (Lipinski definition) is 0. The largest absolute Gasteiger partial charge is 0.377 e. The van der Waals surface area contributed by atoms with E-state index in [9.17, 15) is 0 Å². The summed E-state index contributed by atoms with van der Waals surface area (Å²) in [5.41, 5.74) is 0.614. The third-order valence-corrected chi connectivity index (χ3v) is 6.30. The number of alkyl halides is 1. The smallest absolute Gasteiger partial charge is 0.0666 e. The summed E-state index contributed by atoms with van der Waals surface area (Å²) in [5.74, 6) is 2.55. The first-order valence-electron chi connectivity index (χ1n) is 6.10. The number of halogens is 1. The van der Waals surface area contributed by atoms with Gasteiger partial charge in [0.1, 0.15) is 0 Å². The Morgan fingerprint density at radius 3 is 2.67 bits per heavy atom. The fraction of sp³-hybridized carbons (Fsp3) is 1.00. The van der Waals surface area contributed by atoms with Crippen molar-refractivity contribution in [2.75, 3.05) is 23.4 Å². The van der Waals surface area contributed by atoms with E-state index in [0.29, 0.717) is 11.5 Å². The minimum absolute atomic E-state index is 0.559. The Morgan fingerprint density at radius 1 is 1.27 bits per heavy atom. The summed E-state index contributed by atoms with van der Waals surface area (Å²) in [6, 6.07) is 0. The Bertz CT molecular complexity index is 186. The van der Waals surface area contributed by atoms with Crippen molar-refractivity contribution in [3.8, 4) is 0 Å². The Morgan fingerprint density at radius 2 is 2.07 bits per heavy atom. The zero-order valence-electron chi connectivity index (χ0n) is 9.34. The molecule has 1 nitrogen and oxygen atoms in total. The van der Waals surface area contributed by atoms with Crippen LogP contribution in [0, 0.1) is 5.41 Å². The highest BCUT2D eigenvalue weighted by molar-refractivity contribution is 9.09. The Hall–Kier alpha value is 0.790. The Kier molecular flexibility index (Phi) is 4.84. The molecule has 1 aliphatic carbocycles. The Balaban J connectivity index is 1.67. The van der Waals surface area contributed by atoms with Crippen LogP contribution < -0.4 is 0 Å². The molecule has 0 bridgehead atoms. The van der Waals surface area contributed by atoms with Crippen LogP contribution in [-0.4, -0.2) is 29.5 Å². The molecule has 1 saturated heterocycles. The summed E-state index contributed by atoms with van der Waals surface area (Å²) in [5, 5.41) is 1.19. The topological polar surface area (TPSA) is 9.23 Å². The molecule has 15 heavy (non-hydrogen) atoms. The van der Waals surface area contributed by atoms with E-state index in [1.54, 1.807) is 0 Å². The van der Waals surface area contributed by atoms with Crippen molar-refractivity contribution in [3.05, 3.63) is 0 Å². The maximum absolute atomic E-state index is 5.65. The summed E-state index contributed by atoms with van der Waals surface area (Å²) in [4.78, 5) is 0. The van der Waals surface area contributed by atoms with Crippen LogP contribution in [0.1, 0.15) is 38.5 Å². The average Bonchev–Trinajstić information content (AvgIpc) is 2.89. The van der Waals surface area contributed by atoms with Gasteiger partial charge in [0.05, 0.1) is 6.10 Å². The highest BCUT2D eigenvalue weighted by Crippen LogP contribution is 2.42. The van der Waals surface area contributed by atoms with Crippen molar-refractivity contribution < 1.29 is 4.74 Å². The molecule has 0 radical (unpaired) electrons. The van der Waals surface area contributed by atoms with Crippen LogP contribution >= 0.6 is 27.7 Å². The molecule has 0 N–H and O–H groups in total. The Labute approximate surface area is 106 Å². The molecule has 1 saturated carbocycles. The van der Waals surface area contributed by atoms with Gasteiger partial charge in [0.15, 0.2) is 0 Å². The van der Waals surface area contributed by atoms with Gasteiger partial charge in [0, 0.05) is 17.7 Å². The molecule has 1 aliphatic heterocycles. The van der Waals surface area contributed by atoms with Gasteiger partial charge in [0.25, 0.3) is 0 Å².